The van der Waals surface area contributed by atoms with E-state index in [0.717, 1.165) is 71.3 Å². The number of ether oxygens (including phenoxy) is 3. The van der Waals surface area contributed by atoms with E-state index in [4.69, 9.17) is 14.2 Å². The average Bonchev–Trinajstić information content (AvgIpc) is 2.74. The fourth-order valence-electron chi connectivity index (χ4n) is 3.02. The number of guanidine groups is 1. The van der Waals surface area contributed by atoms with Gasteiger partial charge in [-0.1, -0.05) is 24.3 Å². The van der Waals surface area contributed by atoms with Gasteiger partial charge in [0.2, 0.25) is 0 Å². The van der Waals surface area contributed by atoms with Gasteiger partial charge in [-0.15, -0.1) is 0 Å². The normalized spacial score (nSPS) is 15.6. The van der Waals surface area contributed by atoms with E-state index in [9.17, 15) is 0 Å². The minimum absolute atomic E-state index is 0.657. The molecular formula is C22H37N3O3. The lowest BCUT2D eigenvalue weighted by Crippen LogP contribution is -2.38. The number of nitrogens with one attached hydrogen (secondary N) is 2. The molecule has 0 saturated carbocycles. The van der Waals surface area contributed by atoms with Crippen molar-refractivity contribution in [3.63, 3.8) is 0 Å². The Hall–Kier alpha value is -1.63. The van der Waals surface area contributed by atoms with Gasteiger partial charge in [0.1, 0.15) is 0 Å². The Morgan fingerprint density at radius 2 is 1.82 bits per heavy atom. The predicted octanol–water partition coefficient (Wildman–Crippen LogP) is 3.11. The van der Waals surface area contributed by atoms with Gasteiger partial charge in [-0.2, -0.15) is 0 Å². The third-order valence-corrected chi connectivity index (χ3v) is 4.71. The molecule has 0 aromatic heterocycles. The fourth-order valence-corrected chi connectivity index (χ4v) is 3.02. The average molecular weight is 392 g/mol. The molecule has 0 unspecified atom stereocenters. The number of rotatable bonds is 12. The largest absolute Gasteiger partial charge is 0.381 e. The van der Waals surface area contributed by atoms with Crippen LogP contribution in [0.5, 0.6) is 0 Å². The van der Waals surface area contributed by atoms with Crippen LogP contribution in [-0.4, -0.2) is 52.1 Å². The quantitative estimate of drug-likeness (QED) is 0.326. The van der Waals surface area contributed by atoms with E-state index in [1.165, 1.54) is 11.1 Å². The van der Waals surface area contributed by atoms with Crippen LogP contribution in [-0.2, 0) is 27.4 Å². The van der Waals surface area contributed by atoms with E-state index >= 15 is 0 Å². The number of hydrogen-bond acceptors (Lipinski definition) is 4. The van der Waals surface area contributed by atoms with Gasteiger partial charge >= 0.3 is 0 Å². The summed E-state index contributed by atoms with van der Waals surface area (Å²) in [5.74, 6) is 1.52. The topological polar surface area (TPSA) is 64.1 Å². The third-order valence-electron chi connectivity index (χ3n) is 4.71. The van der Waals surface area contributed by atoms with Crippen LogP contribution < -0.4 is 10.6 Å². The lowest BCUT2D eigenvalue weighted by atomic mass is 10.0. The number of nitrogens with zero attached hydrogens (tertiary/aromatic N) is 1. The molecule has 1 aromatic carbocycles. The van der Waals surface area contributed by atoms with Crippen molar-refractivity contribution in [2.75, 3.05) is 46.1 Å². The Balaban J connectivity index is 1.64. The van der Waals surface area contributed by atoms with Crippen LogP contribution >= 0.6 is 0 Å². The Morgan fingerprint density at radius 3 is 2.54 bits per heavy atom. The van der Waals surface area contributed by atoms with Crippen molar-refractivity contribution in [2.24, 2.45) is 10.9 Å². The van der Waals surface area contributed by atoms with Crippen LogP contribution in [0.15, 0.2) is 29.3 Å². The van der Waals surface area contributed by atoms with E-state index in [0.29, 0.717) is 19.1 Å². The zero-order valence-corrected chi connectivity index (χ0v) is 17.5. The standard InChI is InChI=1S/C22H37N3O3/c1-3-23-22(24-12-5-13-28-18-21-10-14-27-15-11-21)25-16-19-6-8-20(9-7-19)17-26-4-2/h6-9,21H,3-5,10-18H2,1-2H3,(H2,23,24,25). The van der Waals surface area contributed by atoms with Crippen molar-refractivity contribution in [3.8, 4) is 0 Å². The maximum atomic E-state index is 5.82. The molecule has 6 heteroatoms. The molecule has 1 aromatic rings. The van der Waals surface area contributed by atoms with Crippen LogP contribution in [0.1, 0.15) is 44.2 Å². The van der Waals surface area contributed by atoms with E-state index in [1.54, 1.807) is 0 Å². The van der Waals surface area contributed by atoms with Gasteiger partial charge in [-0.05, 0) is 50.2 Å². The first-order chi connectivity index (χ1) is 13.8. The SMILES string of the molecule is CCNC(=NCc1ccc(COCC)cc1)NCCCOCC1CCOCC1. The molecule has 0 bridgehead atoms. The molecule has 158 valence electrons. The highest BCUT2D eigenvalue weighted by Crippen LogP contribution is 2.14. The predicted molar refractivity (Wildman–Crippen MR) is 114 cm³/mol. The van der Waals surface area contributed by atoms with Crippen LogP contribution in [0, 0.1) is 5.92 Å². The second-order valence-electron chi connectivity index (χ2n) is 7.06. The minimum Gasteiger partial charge on any atom is -0.381 e. The van der Waals surface area contributed by atoms with Gasteiger partial charge in [0, 0.05) is 46.1 Å². The van der Waals surface area contributed by atoms with E-state index < -0.39 is 0 Å². The van der Waals surface area contributed by atoms with Gasteiger partial charge in [-0.3, -0.25) is 0 Å². The lowest BCUT2D eigenvalue weighted by molar-refractivity contribution is 0.0203. The molecule has 1 aliphatic heterocycles. The first kappa shape index (κ1) is 22.7. The first-order valence-electron chi connectivity index (χ1n) is 10.6. The van der Waals surface area contributed by atoms with E-state index in [2.05, 4.69) is 46.8 Å². The van der Waals surface area contributed by atoms with Crippen molar-refractivity contribution >= 4 is 5.96 Å². The molecule has 0 amide bonds. The molecule has 0 atom stereocenters. The highest BCUT2D eigenvalue weighted by atomic mass is 16.5. The van der Waals surface area contributed by atoms with E-state index in [1.807, 2.05) is 6.92 Å². The summed E-state index contributed by atoms with van der Waals surface area (Å²) in [6, 6.07) is 8.45. The van der Waals surface area contributed by atoms with Gasteiger partial charge in [-0.25, -0.2) is 4.99 Å². The summed E-state index contributed by atoms with van der Waals surface area (Å²) >= 11 is 0. The van der Waals surface area contributed by atoms with Gasteiger partial charge in [0.15, 0.2) is 5.96 Å². The van der Waals surface area contributed by atoms with Crippen LogP contribution in [0.3, 0.4) is 0 Å². The zero-order valence-electron chi connectivity index (χ0n) is 17.5. The van der Waals surface area contributed by atoms with Crippen molar-refractivity contribution in [3.05, 3.63) is 35.4 Å². The molecule has 2 rings (SSSR count). The molecular weight excluding hydrogens is 354 g/mol. The van der Waals surface area contributed by atoms with Crippen LogP contribution in [0.25, 0.3) is 0 Å². The Kier molecular flexibility index (Phi) is 11.6. The summed E-state index contributed by atoms with van der Waals surface area (Å²) in [6.07, 6.45) is 3.23. The minimum atomic E-state index is 0.657. The number of aliphatic imine (C=N–C) groups is 1. The Bertz CT molecular complexity index is 542. The van der Waals surface area contributed by atoms with Gasteiger partial charge < -0.3 is 24.8 Å². The maximum Gasteiger partial charge on any atom is 0.191 e. The Morgan fingerprint density at radius 1 is 1.07 bits per heavy atom. The summed E-state index contributed by atoms with van der Waals surface area (Å²) in [4.78, 5) is 4.68. The van der Waals surface area contributed by atoms with Crippen molar-refractivity contribution in [1.82, 2.24) is 10.6 Å². The summed E-state index contributed by atoms with van der Waals surface area (Å²) < 4.78 is 16.6. The molecule has 28 heavy (non-hydrogen) atoms. The first-order valence-corrected chi connectivity index (χ1v) is 10.6. The maximum absolute atomic E-state index is 5.82. The smallest absolute Gasteiger partial charge is 0.191 e. The second-order valence-corrected chi connectivity index (χ2v) is 7.06. The van der Waals surface area contributed by atoms with Crippen molar-refractivity contribution < 1.29 is 14.2 Å². The highest BCUT2D eigenvalue weighted by Gasteiger charge is 2.13. The molecule has 6 nitrogen and oxygen atoms in total. The summed E-state index contributed by atoms with van der Waals surface area (Å²) in [5.41, 5.74) is 2.39. The molecule has 1 heterocycles. The summed E-state index contributed by atoms with van der Waals surface area (Å²) in [7, 11) is 0. The molecule has 0 aliphatic carbocycles. The monoisotopic (exact) mass is 391 g/mol. The van der Waals surface area contributed by atoms with E-state index in [-0.39, 0.29) is 0 Å². The summed E-state index contributed by atoms with van der Waals surface area (Å²) in [6.45, 7) is 11.3. The summed E-state index contributed by atoms with van der Waals surface area (Å²) in [5, 5.41) is 6.69. The zero-order chi connectivity index (χ0) is 19.9. The number of hydrogen-bond donors (Lipinski definition) is 2. The highest BCUT2D eigenvalue weighted by molar-refractivity contribution is 5.79. The van der Waals surface area contributed by atoms with Crippen LogP contribution in [0.2, 0.25) is 0 Å². The molecule has 1 aliphatic rings. The molecule has 0 spiro atoms. The van der Waals surface area contributed by atoms with Crippen molar-refractivity contribution in [2.45, 2.75) is 46.3 Å². The van der Waals surface area contributed by atoms with Crippen molar-refractivity contribution in [1.29, 1.82) is 0 Å². The second kappa shape index (κ2) is 14.4. The van der Waals surface area contributed by atoms with Gasteiger partial charge in [0.05, 0.1) is 13.2 Å². The molecule has 0 radical (unpaired) electrons. The Labute approximate surface area is 170 Å². The fraction of sp³-hybridized carbons (Fsp3) is 0.682. The van der Waals surface area contributed by atoms with Crippen LogP contribution in [0.4, 0.5) is 0 Å². The van der Waals surface area contributed by atoms with Gasteiger partial charge in [0.25, 0.3) is 0 Å². The lowest BCUT2D eigenvalue weighted by Gasteiger charge is -2.21. The third kappa shape index (κ3) is 9.53. The molecule has 1 fully saturated rings. The number of benzene rings is 1. The molecule has 2 N–H and O–H groups in total. The molecule has 1 saturated heterocycles.